The average Bonchev–Trinajstić information content (AvgIpc) is 2.93. The first-order chi connectivity index (χ1) is 13.0. The topological polar surface area (TPSA) is 121 Å². The number of carbonyl (C=O) groups excluding carboxylic acids is 2. The van der Waals surface area contributed by atoms with Gasteiger partial charge in [-0.25, -0.2) is 0 Å². The number of benzene rings is 2. The number of carbonyl (C=O) groups is 2. The molecule has 1 heterocycles. The van der Waals surface area contributed by atoms with Gasteiger partial charge in [-0.2, -0.15) is 0 Å². The van der Waals surface area contributed by atoms with Crippen molar-refractivity contribution >= 4 is 23.1 Å². The van der Waals surface area contributed by atoms with E-state index < -0.39 is 22.7 Å². The van der Waals surface area contributed by atoms with Gasteiger partial charge in [-0.15, -0.1) is 0 Å². The van der Waals surface area contributed by atoms with Crippen LogP contribution in [0, 0.1) is 10.1 Å². The molecule has 3 rings (SSSR count). The Bertz CT molecular complexity index is 921. The molecule has 0 unspecified atom stereocenters. The Morgan fingerprint density at radius 1 is 1.07 bits per heavy atom. The van der Waals surface area contributed by atoms with E-state index in [4.69, 9.17) is 0 Å². The third kappa shape index (κ3) is 3.30. The van der Waals surface area contributed by atoms with Crippen LogP contribution in [0.15, 0.2) is 60.2 Å². The van der Waals surface area contributed by atoms with Crippen LogP contribution in [0.3, 0.4) is 0 Å². The highest BCUT2D eigenvalue weighted by Gasteiger charge is 2.45. The molecule has 8 heteroatoms. The zero-order chi connectivity index (χ0) is 19.6. The molecule has 0 aromatic heterocycles. The maximum Gasteiger partial charge on any atom is 0.295 e. The number of non-ortho nitro benzene ring substituents is 1. The summed E-state index contributed by atoms with van der Waals surface area (Å²) in [4.78, 5) is 36.4. The summed E-state index contributed by atoms with van der Waals surface area (Å²) < 4.78 is 0. The first kappa shape index (κ1) is 18.3. The molecule has 2 aromatic carbocycles. The Morgan fingerprint density at radius 2 is 1.70 bits per heavy atom. The molecule has 0 spiro atoms. The fraction of sp³-hybridized carbons (Fsp3) is 0.158. The Balaban J connectivity index is 2.16. The molecule has 138 valence electrons. The Hall–Kier alpha value is -3.52. The van der Waals surface area contributed by atoms with Crippen molar-refractivity contribution in [2.75, 3.05) is 13.2 Å². The van der Waals surface area contributed by atoms with Crippen LogP contribution in [-0.2, 0) is 9.59 Å². The van der Waals surface area contributed by atoms with E-state index in [9.17, 15) is 29.9 Å². The smallest absolute Gasteiger partial charge is 0.295 e. The fourth-order valence-corrected chi connectivity index (χ4v) is 3.09. The van der Waals surface area contributed by atoms with E-state index in [-0.39, 0.29) is 30.2 Å². The van der Waals surface area contributed by atoms with Crippen LogP contribution >= 0.6 is 0 Å². The highest BCUT2D eigenvalue weighted by molar-refractivity contribution is 6.46. The predicted octanol–water partition coefficient (Wildman–Crippen LogP) is 2.01. The summed E-state index contributed by atoms with van der Waals surface area (Å²) >= 11 is 0. The summed E-state index contributed by atoms with van der Waals surface area (Å²) in [6, 6.07) is 12.7. The van der Waals surface area contributed by atoms with Crippen LogP contribution in [0.5, 0.6) is 0 Å². The van der Waals surface area contributed by atoms with Crippen LogP contribution in [0.25, 0.3) is 5.76 Å². The SMILES string of the molecule is O=C1C(=O)N(CCO)[C@@H](c2ccc([N+](=O)[O-])cc2)C1=C(O)c1ccccc1. The number of Topliss-reactive ketones (excluding diaryl/α,β-unsaturated/α-hetero) is 1. The molecule has 8 nitrogen and oxygen atoms in total. The standard InChI is InChI=1S/C19H16N2O6/c22-11-10-20-16(12-6-8-14(9-7-12)21(26)27)15(18(24)19(20)25)17(23)13-4-2-1-3-5-13/h1-9,16,22-23H,10-11H2/t16-/m0/s1. The highest BCUT2D eigenvalue weighted by Crippen LogP contribution is 2.39. The molecule has 2 aromatic rings. The molecule has 0 radical (unpaired) electrons. The second-order valence-corrected chi connectivity index (χ2v) is 5.93. The van der Waals surface area contributed by atoms with Crippen LogP contribution in [0.4, 0.5) is 5.69 Å². The maximum atomic E-state index is 12.6. The fourth-order valence-electron chi connectivity index (χ4n) is 3.09. The number of aliphatic hydroxyl groups is 2. The molecule has 1 amide bonds. The molecule has 1 saturated heterocycles. The van der Waals surface area contributed by atoms with Gasteiger partial charge in [0.2, 0.25) is 0 Å². The van der Waals surface area contributed by atoms with Crippen LogP contribution < -0.4 is 0 Å². The van der Waals surface area contributed by atoms with Gasteiger partial charge in [0.05, 0.1) is 23.1 Å². The second-order valence-electron chi connectivity index (χ2n) is 5.93. The number of amides is 1. The van der Waals surface area contributed by atoms with E-state index in [1.54, 1.807) is 30.3 Å². The van der Waals surface area contributed by atoms with Gasteiger partial charge in [-0.3, -0.25) is 19.7 Å². The molecule has 1 atom stereocenters. The lowest BCUT2D eigenvalue weighted by atomic mass is 9.95. The molecule has 0 saturated carbocycles. The molecular formula is C19H16N2O6. The quantitative estimate of drug-likeness (QED) is 0.274. The van der Waals surface area contributed by atoms with Crippen LogP contribution in [0.1, 0.15) is 17.2 Å². The van der Waals surface area contributed by atoms with Crippen molar-refractivity contribution in [2.24, 2.45) is 0 Å². The van der Waals surface area contributed by atoms with E-state index in [1.807, 2.05) is 0 Å². The third-order valence-electron chi connectivity index (χ3n) is 4.35. The number of β-amino-alcohol motifs (C(OH)–C–C–N with tert-alkyl or cyclic N) is 1. The minimum atomic E-state index is -0.946. The second kappa shape index (κ2) is 7.38. The highest BCUT2D eigenvalue weighted by atomic mass is 16.6. The van der Waals surface area contributed by atoms with E-state index in [1.165, 1.54) is 24.3 Å². The zero-order valence-electron chi connectivity index (χ0n) is 14.1. The van der Waals surface area contributed by atoms with Gasteiger partial charge in [0.1, 0.15) is 5.76 Å². The normalized spacial score (nSPS) is 18.7. The van der Waals surface area contributed by atoms with Crippen molar-refractivity contribution in [1.29, 1.82) is 0 Å². The van der Waals surface area contributed by atoms with Crippen molar-refractivity contribution < 1.29 is 24.7 Å². The summed E-state index contributed by atoms with van der Waals surface area (Å²) in [6.07, 6.45) is 0. The van der Waals surface area contributed by atoms with Crippen molar-refractivity contribution in [1.82, 2.24) is 4.90 Å². The Kier molecular flexibility index (Phi) is 5.00. The zero-order valence-corrected chi connectivity index (χ0v) is 14.1. The van der Waals surface area contributed by atoms with Gasteiger partial charge >= 0.3 is 0 Å². The number of rotatable bonds is 5. The molecule has 1 aliphatic heterocycles. The first-order valence-electron chi connectivity index (χ1n) is 8.14. The summed E-state index contributed by atoms with van der Waals surface area (Å²) in [5.74, 6) is -2.05. The summed E-state index contributed by atoms with van der Waals surface area (Å²) in [5.41, 5.74) is 0.534. The van der Waals surface area contributed by atoms with Crippen molar-refractivity contribution in [2.45, 2.75) is 6.04 Å². The predicted molar refractivity (Wildman–Crippen MR) is 95.6 cm³/mol. The van der Waals surface area contributed by atoms with Crippen LogP contribution in [0.2, 0.25) is 0 Å². The average molecular weight is 368 g/mol. The lowest BCUT2D eigenvalue weighted by Gasteiger charge is -2.24. The number of ketones is 1. The van der Waals surface area contributed by atoms with Crippen molar-refractivity contribution in [3.8, 4) is 0 Å². The van der Waals surface area contributed by atoms with Gasteiger partial charge in [-0.05, 0) is 17.7 Å². The van der Waals surface area contributed by atoms with Gasteiger partial charge in [0.25, 0.3) is 17.4 Å². The molecule has 1 aliphatic rings. The molecule has 1 fully saturated rings. The number of hydrogen-bond donors (Lipinski definition) is 2. The first-order valence-corrected chi connectivity index (χ1v) is 8.14. The number of aliphatic hydroxyl groups excluding tert-OH is 2. The lowest BCUT2D eigenvalue weighted by Crippen LogP contribution is -2.32. The van der Waals surface area contributed by atoms with E-state index >= 15 is 0 Å². The third-order valence-corrected chi connectivity index (χ3v) is 4.35. The van der Waals surface area contributed by atoms with E-state index in [0.717, 1.165) is 4.90 Å². The number of likely N-dealkylation sites (tertiary alicyclic amines) is 1. The summed E-state index contributed by atoms with van der Waals surface area (Å²) in [6.45, 7) is -0.486. The van der Waals surface area contributed by atoms with Gasteiger partial charge in [-0.1, -0.05) is 30.3 Å². The molecule has 27 heavy (non-hydrogen) atoms. The monoisotopic (exact) mass is 368 g/mol. The molecule has 2 N–H and O–H groups in total. The number of nitrogens with zero attached hydrogens (tertiary/aromatic N) is 2. The maximum absolute atomic E-state index is 12.6. The lowest BCUT2D eigenvalue weighted by molar-refractivity contribution is -0.384. The largest absolute Gasteiger partial charge is 0.507 e. The number of nitro groups is 1. The van der Waals surface area contributed by atoms with E-state index in [2.05, 4.69) is 0 Å². The minimum Gasteiger partial charge on any atom is -0.507 e. The van der Waals surface area contributed by atoms with Gasteiger partial charge in [0.15, 0.2) is 0 Å². The van der Waals surface area contributed by atoms with E-state index in [0.29, 0.717) is 11.1 Å². The van der Waals surface area contributed by atoms with Gasteiger partial charge in [0, 0.05) is 24.2 Å². The molecule has 0 aliphatic carbocycles. The van der Waals surface area contributed by atoms with Crippen LogP contribution in [-0.4, -0.2) is 44.9 Å². The molecular weight excluding hydrogens is 352 g/mol. The van der Waals surface area contributed by atoms with Crippen molar-refractivity contribution in [3.05, 3.63) is 81.4 Å². The number of hydrogen-bond acceptors (Lipinski definition) is 6. The number of nitro benzene ring substituents is 1. The Labute approximate surface area is 154 Å². The summed E-state index contributed by atoms with van der Waals surface area (Å²) in [7, 11) is 0. The minimum absolute atomic E-state index is 0.113. The Morgan fingerprint density at radius 3 is 2.26 bits per heavy atom. The summed E-state index contributed by atoms with van der Waals surface area (Å²) in [5, 5.41) is 30.8. The van der Waals surface area contributed by atoms with Gasteiger partial charge < -0.3 is 15.1 Å². The molecule has 0 bridgehead atoms. The van der Waals surface area contributed by atoms with Crippen molar-refractivity contribution in [3.63, 3.8) is 0 Å².